The van der Waals surface area contributed by atoms with Gasteiger partial charge in [-0.25, -0.2) is 4.79 Å². The number of ether oxygens (including phenoxy) is 1. The van der Waals surface area contributed by atoms with E-state index < -0.39 is 0 Å². The van der Waals surface area contributed by atoms with Crippen LogP contribution in [0.5, 0.6) is 0 Å². The minimum atomic E-state index is -0.320. The lowest BCUT2D eigenvalue weighted by Gasteiger charge is -2.32. The van der Waals surface area contributed by atoms with Crippen molar-refractivity contribution in [3.63, 3.8) is 0 Å². The minimum Gasteiger partial charge on any atom is -0.456 e. The van der Waals surface area contributed by atoms with Gasteiger partial charge in [0.15, 0.2) is 5.78 Å². The van der Waals surface area contributed by atoms with Crippen molar-refractivity contribution in [3.8, 4) is 0 Å². The first-order chi connectivity index (χ1) is 11.1. The molecule has 118 valence electrons. The van der Waals surface area contributed by atoms with Gasteiger partial charge in [-0.05, 0) is 37.0 Å². The number of carbonyl (C=O) groups excluding carboxylic acids is 2. The van der Waals surface area contributed by atoms with Gasteiger partial charge in [-0.3, -0.25) is 4.79 Å². The second-order valence-electron chi connectivity index (χ2n) is 6.20. The zero-order valence-electron chi connectivity index (χ0n) is 12.7. The van der Waals surface area contributed by atoms with E-state index in [0.717, 1.165) is 45.4 Å². The van der Waals surface area contributed by atoms with Crippen molar-refractivity contribution < 1.29 is 14.3 Å². The van der Waals surface area contributed by atoms with Crippen LogP contribution in [0.25, 0.3) is 0 Å². The number of aryl methyl sites for hydroxylation is 1. The van der Waals surface area contributed by atoms with Gasteiger partial charge < -0.3 is 10.1 Å². The van der Waals surface area contributed by atoms with Crippen LogP contribution in [-0.2, 0) is 14.3 Å². The number of carbonyl (C=O) groups is 2. The lowest BCUT2D eigenvalue weighted by molar-refractivity contribution is -0.136. The first kappa shape index (κ1) is 14.7. The van der Waals surface area contributed by atoms with E-state index in [2.05, 4.69) is 21.2 Å². The highest BCUT2D eigenvalue weighted by atomic mass is 79.9. The Bertz CT molecular complexity index is 806. The molecule has 0 fully saturated rings. The van der Waals surface area contributed by atoms with Gasteiger partial charge in [0.25, 0.3) is 0 Å². The molecule has 4 rings (SSSR count). The number of dihydropyridines is 1. The van der Waals surface area contributed by atoms with E-state index in [9.17, 15) is 9.59 Å². The van der Waals surface area contributed by atoms with Crippen LogP contribution in [0.15, 0.2) is 45.2 Å². The molecule has 5 heteroatoms. The monoisotopic (exact) mass is 373 g/mol. The van der Waals surface area contributed by atoms with Crippen LogP contribution in [0.1, 0.15) is 36.3 Å². The van der Waals surface area contributed by atoms with E-state index in [4.69, 9.17) is 4.74 Å². The van der Waals surface area contributed by atoms with Gasteiger partial charge in [-0.15, -0.1) is 0 Å². The summed E-state index contributed by atoms with van der Waals surface area (Å²) in [7, 11) is 0. The second kappa shape index (κ2) is 5.34. The summed E-state index contributed by atoms with van der Waals surface area (Å²) in [5.74, 6) is -0.508. The number of nitrogens with one attached hydrogen (secondary N) is 1. The van der Waals surface area contributed by atoms with Gasteiger partial charge in [-0.1, -0.05) is 28.1 Å². The molecule has 3 aliphatic rings. The largest absolute Gasteiger partial charge is 0.456 e. The van der Waals surface area contributed by atoms with Crippen molar-refractivity contribution in [2.45, 2.75) is 32.1 Å². The van der Waals surface area contributed by atoms with E-state index in [-0.39, 0.29) is 24.3 Å². The van der Waals surface area contributed by atoms with Gasteiger partial charge in [0.05, 0.1) is 11.3 Å². The number of Topliss-reactive ketones (excluding diaryl/α,β-unsaturated/α-hetero) is 1. The van der Waals surface area contributed by atoms with Gasteiger partial charge >= 0.3 is 5.97 Å². The molecule has 4 nitrogen and oxygen atoms in total. The molecule has 0 saturated carbocycles. The fourth-order valence-corrected chi connectivity index (χ4v) is 3.99. The standard InChI is InChI=1S/C18H16BrNO3/c1-9-5-6-10(7-11(9)19)15-16-12(3-2-4-14(16)21)20-13-8-23-18(22)17(13)15/h5-7,15,20H,2-4,8H2,1H3/t15-/m0/s1. The highest BCUT2D eigenvalue weighted by molar-refractivity contribution is 9.10. The van der Waals surface area contributed by atoms with Crippen molar-refractivity contribution in [2.75, 3.05) is 6.61 Å². The third kappa shape index (κ3) is 2.26. The molecule has 0 aromatic heterocycles. The molecule has 0 unspecified atom stereocenters. The van der Waals surface area contributed by atoms with E-state index in [1.807, 2.05) is 25.1 Å². The number of benzene rings is 1. The number of hydrogen-bond acceptors (Lipinski definition) is 4. The molecule has 0 amide bonds. The van der Waals surface area contributed by atoms with Crippen LogP contribution in [0.3, 0.4) is 0 Å². The fraction of sp³-hybridized carbons (Fsp3) is 0.333. The molecule has 23 heavy (non-hydrogen) atoms. The van der Waals surface area contributed by atoms with Crippen LogP contribution in [0, 0.1) is 6.92 Å². The summed E-state index contributed by atoms with van der Waals surface area (Å²) in [4.78, 5) is 24.8. The Morgan fingerprint density at radius 1 is 1.17 bits per heavy atom. The molecule has 1 aliphatic carbocycles. The van der Waals surface area contributed by atoms with Crippen LogP contribution in [0.4, 0.5) is 0 Å². The Labute approximate surface area is 142 Å². The van der Waals surface area contributed by atoms with Crippen molar-refractivity contribution in [1.29, 1.82) is 0 Å². The molecule has 2 heterocycles. The first-order valence-corrected chi connectivity index (χ1v) is 8.55. The molecule has 1 aromatic rings. The van der Waals surface area contributed by atoms with Gasteiger partial charge in [0.1, 0.15) is 6.61 Å². The predicted octanol–water partition coefficient (Wildman–Crippen LogP) is 3.26. The topological polar surface area (TPSA) is 55.4 Å². The Kier molecular flexibility index (Phi) is 3.41. The maximum atomic E-state index is 12.6. The summed E-state index contributed by atoms with van der Waals surface area (Å²) >= 11 is 3.55. The number of hydrogen-bond donors (Lipinski definition) is 1. The molecule has 0 bridgehead atoms. The smallest absolute Gasteiger partial charge is 0.337 e. The summed E-state index contributed by atoms with van der Waals surface area (Å²) in [5, 5.41) is 3.28. The molecular weight excluding hydrogens is 358 g/mol. The quantitative estimate of drug-likeness (QED) is 0.767. The van der Waals surface area contributed by atoms with E-state index in [0.29, 0.717) is 12.0 Å². The van der Waals surface area contributed by atoms with Crippen molar-refractivity contribution >= 4 is 27.7 Å². The van der Waals surface area contributed by atoms with Crippen LogP contribution >= 0.6 is 15.9 Å². The number of halogens is 1. The fourth-order valence-electron chi connectivity index (χ4n) is 3.59. The minimum absolute atomic E-state index is 0.131. The normalized spacial score (nSPS) is 23.5. The predicted molar refractivity (Wildman–Crippen MR) is 88.6 cm³/mol. The van der Waals surface area contributed by atoms with Gasteiger partial charge in [0.2, 0.25) is 0 Å². The van der Waals surface area contributed by atoms with E-state index in [1.165, 1.54) is 0 Å². The third-order valence-corrected chi connectivity index (χ3v) is 5.61. The Morgan fingerprint density at radius 3 is 2.78 bits per heavy atom. The molecule has 0 radical (unpaired) electrons. The summed E-state index contributed by atoms with van der Waals surface area (Å²) in [6.45, 7) is 2.28. The van der Waals surface area contributed by atoms with Crippen molar-refractivity contribution in [3.05, 3.63) is 56.3 Å². The summed E-state index contributed by atoms with van der Waals surface area (Å²) in [6.07, 6.45) is 2.24. The molecule has 0 spiro atoms. The number of allylic oxidation sites excluding steroid dienone is 2. The number of esters is 1. The van der Waals surface area contributed by atoms with E-state index >= 15 is 0 Å². The van der Waals surface area contributed by atoms with Crippen LogP contribution in [-0.4, -0.2) is 18.4 Å². The molecule has 2 aliphatic heterocycles. The maximum Gasteiger partial charge on any atom is 0.337 e. The lowest BCUT2D eigenvalue weighted by atomic mass is 9.75. The molecule has 0 saturated heterocycles. The van der Waals surface area contributed by atoms with Crippen molar-refractivity contribution in [2.24, 2.45) is 0 Å². The van der Waals surface area contributed by atoms with Crippen LogP contribution < -0.4 is 5.32 Å². The van der Waals surface area contributed by atoms with Crippen molar-refractivity contribution in [1.82, 2.24) is 5.32 Å². The summed E-state index contributed by atoms with van der Waals surface area (Å²) in [5.41, 5.74) is 5.18. The van der Waals surface area contributed by atoms with Gasteiger partial charge in [-0.2, -0.15) is 0 Å². The Hall–Kier alpha value is -1.88. The molecular formula is C18H16BrNO3. The molecule has 1 aromatic carbocycles. The average molecular weight is 374 g/mol. The number of rotatable bonds is 1. The van der Waals surface area contributed by atoms with E-state index in [1.54, 1.807) is 0 Å². The number of cyclic esters (lactones) is 1. The Morgan fingerprint density at radius 2 is 2.00 bits per heavy atom. The zero-order valence-corrected chi connectivity index (χ0v) is 14.3. The second-order valence-corrected chi connectivity index (χ2v) is 7.06. The average Bonchev–Trinajstić information content (AvgIpc) is 2.90. The summed E-state index contributed by atoms with van der Waals surface area (Å²) < 4.78 is 6.20. The molecule has 1 N–H and O–H groups in total. The molecule has 1 atom stereocenters. The zero-order chi connectivity index (χ0) is 16.1. The summed E-state index contributed by atoms with van der Waals surface area (Å²) in [6, 6.07) is 6.02. The first-order valence-electron chi connectivity index (χ1n) is 7.75. The maximum absolute atomic E-state index is 12.6. The Balaban J connectivity index is 1.91. The van der Waals surface area contributed by atoms with Crippen LogP contribution in [0.2, 0.25) is 0 Å². The highest BCUT2D eigenvalue weighted by Crippen LogP contribution is 2.44. The lowest BCUT2D eigenvalue weighted by Crippen LogP contribution is -2.32. The van der Waals surface area contributed by atoms with Gasteiger partial charge in [0, 0.05) is 28.1 Å². The number of ketones is 1. The third-order valence-electron chi connectivity index (χ3n) is 4.76. The highest BCUT2D eigenvalue weighted by Gasteiger charge is 2.42. The SMILES string of the molecule is Cc1ccc([C@H]2C3=C(CCCC3=O)NC3=C2C(=O)OC3)cc1Br.